The molecule has 1 aromatic rings. The van der Waals surface area contributed by atoms with Crippen molar-refractivity contribution in [1.82, 2.24) is 10.2 Å². The summed E-state index contributed by atoms with van der Waals surface area (Å²) >= 11 is 0. The summed E-state index contributed by atoms with van der Waals surface area (Å²) in [5.41, 5.74) is 1.03. The fraction of sp³-hybridized carbons (Fsp3) is 0.556. The Morgan fingerprint density at radius 3 is 2.52 bits per heavy atom. The highest BCUT2D eigenvalue weighted by Crippen LogP contribution is 2.20. The Labute approximate surface area is 137 Å². The van der Waals surface area contributed by atoms with Gasteiger partial charge in [0.1, 0.15) is 0 Å². The molecule has 1 saturated heterocycles. The smallest absolute Gasteiger partial charge is 0.225 e. The lowest BCUT2D eigenvalue weighted by atomic mass is 10.0. The van der Waals surface area contributed by atoms with Crippen molar-refractivity contribution in [3.63, 3.8) is 0 Å². The van der Waals surface area contributed by atoms with Crippen molar-refractivity contribution in [2.45, 2.75) is 51.8 Å². The van der Waals surface area contributed by atoms with Crippen LogP contribution in [0.25, 0.3) is 0 Å². The van der Waals surface area contributed by atoms with E-state index >= 15 is 0 Å². The van der Waals surface area contributed by atoms with Gasteiger partial charge in [0, 0.05) is 25.4 Å². The van der Waals surface area contributed by atoms with Crippen LogP contribution in [-0.2, 0) is 16.0 Å². The first-order chi connectivity index (χ1) is 10.9. The van der Waals surface area contributed by atoms with Crippen molar-refractivity contribution < 1.29 is 14.7 Å². The van der Waals surface area contributed by atoms with Gasteiger partial charge in [0.05, 0.1) is 18.1 Å². The summed E-state index contributed by atoms with van der Waals surface area (Å²) in [5, 5.41) is 13.1. The zero-order chi connectivity index (χ0) is 17.0. The van der Waals surface area contributed by atoms with Crippen LogP contribution in [-0.4, -0.2) is 46.6 Å². The van der Waals surface area contributed by atoms with Crippen molar-refractivity contribution in [2.75, 3.05) is 6.54 Å². The monoisotopic (exact) mass is 318 g/mol. The fourth-order valence-electron chi connectivity index (χ4n) is 2.88. The average Bonchev–Trinajstić information content (AvgIpc) is 2.90. The molecule has 0 bridgehead atoms. The van der Waals surface area contributed by atoms with Crippen LogP contribution in [0.15, 0.2) is 30.3 Å². The van der Waals surface area contributed by atoms with Gasteiger partial charge >= 0.3 is 0 Å². The van der Waals surface area contributed by atoms with E-state index in [0.29, 0.717) is 13.0 Å². The van der Waals surface area contributed by atoms with E-state index in [1.807, 2.05) is 44.2 Å². The number of amides is 2. The number of aliphatic hydroxyl groups excluding tert-OH is 1. The molecule has 3 atom stereocenters. The highest BCUT2D eigenvalue weighted by atomic mass is 16.3. The van der Waals surface area contributed by atoms with Crippen LogP contribution in [0.2, 0.25) is 0 Å². The largest absolute Gasteiger partial charge is 0.391 e. The first kappa shape index (κ1) is 17.5. The Bertz CT molecular complexity index is 544. The number of carbonyl (C=O) groups is 2. The molecular weight excluding hydrogens is 292 g/mol. The summed E-state index contributed by atoms with van der Waals surface area (Å²) < 4.78 is 0. The molecule has 0 aliphatic carbocycles. The van der Waals surface area contributed by atoms with Gasteiger partial charge in [-0.3, -0.25) is 9.59 Å². The summed E-state index contributed by atoms with van der Waals surface area (Å²) in [4.78, 5) is 25.9. The third kappa shape index (κ3) is 4.55. The normalized spacial score (nSPS) is 20.7. The molecule has 1 aliphatic heterocycles. The lowest BCUT2D eigenvalue weighted by Gasteiger charge is -2.23. The minimum Gasteiger partial charge on any atom is -0.391 e. The molecule has 3 unspecified atom stereocenters. The van der Waals surface area contributed by atoms with Crippen LogP contribution in [0.5, 0.6) is 0 Å². The average molecular weight is 318 g/mol. The van der Waals surface area contributed by atoms with Crippen LogP contribution in [0.3, 0.4) is 0 Å². The zero-order valence-corrected chi connectivity index (χ0v) is 14.0. The first-order valence-corrected chi connectivity index (χ1v) is 8.20. The van der Waals surface area contributed by atoms with E-state index in [9.17, 15) is 14.7 Å². The van der Waals surface area contributed by atoms with E-state index in [1.165, 1.54) is 0 Å². The summed E-state index contributed by atoms with van der Waals surface area (Å²) in [6.45, 7) is 6.15. The van der Waals surface area contributed by atoms with Gasteiger partial charge in [0.25, 0.3) is 0 Å². The number of benzene rings is 1. The Balaban J connectivity index is 1.86. The molecule has 1 fully saturated rings. The van der Waals surface area contributed by atoms with Crippen LogP contribution in [0, 0.1) is 5.92 Å². The Morgan fingerprint density at radius 1 is 1.30 bits per heavy atom. The molecule has 2 N–H and O–H groups in total. The molecule has 126 valence electrons. The molecule has 0 saturated carbocycles. The Hall–Kier alpha value is -1.88. The number of nitrogens with one attached hydrogen (secondary N) is 1. The fourth-order valence-corrected chi connectivity index (χ4v) is 2.88. The van der Waals surface area contributed by atoms with Crippen molar-refractivity contribution in [2.24, 2.45) is 5.92 Å². The van der Waals surface area contributed by atoms with Crippen molar-refractivity contribution in [3.05, 3.63) is 35.9 Å². The van der Waals surface area contributed by atoms with E-state index in [1.54, 1.807) is 11.8 Å². The third-order valence-corrected chi connectivity index (χ3v) is 4.39. The maximum atomic E-state index is 12.3. The van der Waals surface area contributed by atoms with Crippen LogP contribution >= 0.6 is 0 Å². The zero-order valence-electron chi connectivity index (χ0n) is 14.0. The maximum absolute atomic E-state index is 12.3. The second-order valence-electron chi connectivity index (χ2n) is 6.60. The van der Waals surface area contributed by atoms with Gasteiger partial charge in [0.2, 0.25) is 11.8 Å². The molecule has 2 rings (SSSR count). The van der Waals surface area contributed by atoms with Crippen molar-refractivity contribution in [1.29, 1.82) is 0 Å². The maximum Gasteiger partial charge on any atom is 0.225 e. The molecule has 2 amide bonds. The van der Waals surface area contributed by atoms with Gasteiger partial charge in [0.15, 0.2) is 0 Å². The van der Waals surface area contributed by atoms with E-state index in [4.69, 9.17) is 0 Å². The summed E-state index contributed by atoms with van der Waals surface area (Å²) in [6.07, 6.45) is 0.0925. The number of hydrogen-bond acceptors (Lipinski definition) is 3. The second-order valence-corrected chi connectivity index (χ2v) is 6.60. The first-order valence-electron chi connectivity index (χ1n) is 8.20. The minimum absolute atomic E-state index is 0.0256. The van der Waals surface area contributed by atoms with E-state index in [0.717, 1.165) is 5.56 Å². The lowest BCUT2D eigenvalue weighted by molar-refractivity contribution is -0.130. The molecule has 1 aliphatic rings. The predicted octanol–water partition coefficient (Wildman–Crippen LogP) is 1.35. The SMILES string of the molecule is CC(NC(=O)C1CC(=O)N(C(C)C)C1)C(O)Cc1ccccc1. The van der Waals surface area contributed by atoms with Gasteiger partial charge < -0.3 is 15.3 Å². The minimum atomic E-state index is -0.653. The van der Waals surface area contributed by atoms with Crippen molar-refractivity contribution in [3.8, 4) is 0 Å². The van der Waals surface area contributed by atoms with Crippen molar-refractivity contribution >= 4 is 11.8 Å². The number of carbonyl (C=O) groups excluding carboxylic acids is 2. The quantitative estimate of drug-likeness (QED) is 0.832. The van der Waals surface area contributed by atoms with E-state index in [-0.39, 0.29) is 36.2 Å². The van der Waals surface area contributed by atoms with Gasteiger partial charge in [-0.15, -0.1) is 0 Å². The third-order valence-electron chi connectivity index (χ3n) is 4.39. The molecule has 5 heteroatoms. The van der Waals surface area contributed by atoms with E-state index in [2.05, 4.69) is 5.32 Å². The van der Waals surface area contributed by atoms with Gasteiger partial charge in [-0.2, -0.15) is 0 Å². The highest BCUT2D eigenvalue weighted by Gasteiger charge is 2.36. The van der Waals surface area contributed by atoms with E-state index < -0.39 is 6.10 Å². The summed E-state index contributed by atoms with van der Waals surface area (Å²) in [6, 6.07) is 9.44. The molecular formula is C18H26N2O3. The molecule has 0 aromatic heterocycles. The predicted molar refractivity (Wildman–Crippen MR) is 88.7 cm³/mol. The number of hydrogen-bond donors (Lipinski definition) is 2. The highest BCUT2D eigenvalue weighted by molar-refractivity contribution is 5.89. The lowest BCUT2D eigenvalue weighted by Crippen LogP contribution is -2.45. The summed E-state index contributed by atoms with van der Waals surface area (Å²) in [5.74, 6) is -0.449. The van der Waals surface area contributed by atoms with Gasteiger partial charge in [-0.25, -0.2) is 0 Å². The number of rotatable bonds is 6. The van der Waals surface area contributed by atoms with Crippen LogP contribution in [0.1, 0.15) is 32.8 Å². The summed E-state index contributed by atoms with van der Waals surface area (Å²) in [7, 11) is 0. The molecule has 1 aromatic carbocycles. The number of likely N-dealkylation sites (tertiary alicyclic amines) is 1. The molecule has 0 radical (unpaired) electrons. The Kier molecular flexibility index (Phi) is 5.77. The van der Waals surface area contributed by atoms with Crippen LogP contribution < -0.4 is 5.32 Å². The topological polar surface area (TPSA) is 69.6 Å². The van der Waals surface area contributed by atoms with Gasteiger partial charge in [-0.1, -0.05) is 30.3 Å². The number of nitrogens with zero attached hydrogens (tertiary/aromatic N) is 1. The standard InChI is InChI=1S/C18H26N2O3/c1-12(2)20-11-15(10-17(20)22)18(23)19-13(3)16(21)9-14-7-5-4-6-8-14/h4-8,12-13,15-16,21H,9-11H2,1-3H3,(H,19,23). The molecule has 5 nitrogen and oxygen atoms in total. The van der Waals surface area contributed by atoms with Crippen LogP contribution in [0.4, 0.5) is 0 Å². The van der Waals surface area contributed by atoms with Gasteiger partial charge in [-0.05, 0) is 26.3 Å². The molecule has 1 heterocycles. The second kappa shape index (κ2) is 7.59. The molecule has 23 heavy (non-hydrogen) atoms. The molecule has 0 spiro atoms. The number of aliphatic hydroxyl groups is 1. The Morgan fingerprint density at radius 2 is 1.96 bits per heavy atom.